The van der Waals surface area contributed by atoms with Crippen LogP contribution in [0.5, 0.6) is 0 Å². The van der Waals surface area contributed by atoms with Crippen molar-refractivity contribution in [2.45, 2.75) is 6.54 Å². The Labute approximate surface area is 171 Å². The van der Waals surface area contributed by atoms with Gasteiger partial charge in [0.25, 0.3) is 0 Å². The van der Waals surface area contributed by atoms with Gasteiger partial charge in [0.15, 0.2) is 5.11 Å². The van der Waals surface area contributed by atoms with Crippen molar-refractivity contribution in [3.8, 4) is 11.4 Å². The Morgan fingerprint density at radius 1 is 1.20 bits per heavy atom. The monoisotopic (exact) mass is 500 g/mol. The lowest BCUT2D eigenvalue weighted by molar-refractivity contribution is 0.376. The molecule has 0 amide bonds. The normalized spacial score (nSPS) is 10.5. The largest absolute Gasteiger partial charge is 0.353 e. The molecule has 0 atom stereocenters. The molecule has 0 saturated heterocycles. The molecule has 0 spiro atoms. The second kappa shape index (κ2) is 8.27. The van der Waals surface area contributed by atoms with Gasteiger partial charge < -0.3 is 15.2 Å². The Bertz CT molecular complexity index is 919. The van der Waals surface area contributed by atoms with E-state index >= 15 is 0 Å². The minimum Gasteiger partial charge on any atom is -0.353 e. The van der Waals surface area contributed by atoms with Crippen LogP contribution in [-0.2, 0) is 6.54 Å². The van der Waals surface area contributed by atoms with Crippen molar-refractivity contribution in [1.82, 2.24) is 15.5 Å². The number of nitrogens with zero attached hydrogens (tertiary/aromatic N) is 2. The van der Waals surface area contributed by atoms with Crippen LogP contribution in [0.15, 0.2) is 55.9 Å². The highest BCUT2D eigenvalue weighted by Crippen LogP contribution is 2.25. The first-order valence-electron chi connectivity index (χ1n) is 7.10. The molecule has 25 heavy (non-hydrogen) atoms. The van der Waals surface area contributed by atoms with E-state index in [4.69, 9.17) is 28.3 Å². The summed E-state index contributed by atoms with van der Waals surface area (Å²) in [5.41, 5.74) is 1.65. The zero-order chi connectivity index (χ0) is 17.8. The standard InChI is InChI=1S/C16H11Br2ClN4OS/c17-10-3-1-2-9(6-10)15-22-14(24-23-15)8-20-16(25)21-11-4-5-12(18)13(19)7-11/h1-7H,8H2,(H2,20,21,25). The zero-order valence-corrected chi connectivity index (χ0v) is 17.3. The molecule has 0 radical (unpaired) electrons. The average molecular weight is 503 g/mol. The summed E-state index contributed by atoms with van der Waals surface area (Å²) in [6.07, 6.45) is 0. The fraction of sp³-hybridized carbons (Fsp3) is 0.0625. The summed E-state index contributed by atoms with van der Waals surface area (Å²) in [6.45, 7) is 0.317. The molecule has 2 aromatic carbocycles. The highest BCUT2D eigenvalue weighted by Gasteiger charge is 2.09. The third-order valence-electron chi connectivity index (χ3n) is 3.13. The number of hydrogen-bond donors (Lipinski definition) is 2. The second-order valence-electron chi connectivity index (χ2n) is 4.96. The molecule has 5 nitrogen and oxygen atoms in total. The maximum absolute atomic E-state index is 6.06. The van der Waals surface area contributed by atoms with Crippen molar-refractivity contribution in [3.05, 3.63) is 62.3 Å². The van der Waals surface area contributed by atoms with E-state index in [1.807, 2.05) is 36.4 Å². The van der Waals surface area contributed by atoms with E-state index < -0.39 is 0 Å². The number of halogens is 3. The van der Waals surface area contributed by atoms with Crippen molar-refractivity contribution >= 4 is 66.5 Å². The van der Waals surface area contributed by atoms with Crippen LogP contribution in [0.2, 0.25) is 5.02 Å². The molecule has 2 N–H and O–H groups in total. The van der Waals surface area contributed by atoms with Crippen LogP contribution < -0.4 is 10.6 Å². The van der Waals surface area contributed by atoms with Gasteiger partial charge in [-0.2, -0.15) is 4.98 Å². The molecule has 9 heteroatoms. The number of thiocarbonyl (C=S) groups is 1. The predicted molar refractivity (Wildman–Crippen MR) is 110 cm³/mol. The molecule has 0 bridgehead atoms. The molecule has 0 aliphatic heterocycles. The molecule has 0 fully saturated rings. The summed E-state index contributed by atoms with van der Waals surface area (Å²) < 4.78 is 7.02. The van der Waals surface area contributed by atoms with E-state index in [2.05, 4.69) is 52.6 Å². The Hall–Kier alpha value is -1.48. The molecule has 1 aromatic heterocycles. The Morgan fingerprint density at radius 2 is 2.04 bits per heavy atom. The number of rotatable bonds is 4. The van der Waals surface area contributed by atoms with Crippen molar-refractivity contribution < 1.29 is 4.52 Å². The van der Waals surface area contributed by atoms with E-state index in [9.17, 15) is 0 Å². The third-order valence-corrected chi connectivity index (χ3v) is 5.10. The van der Waals surface area contributed by atoms with Gasteiger partial charge >= 0.3 is 0 Å². The van der Waals surface area contributed by atoms with Crippen LogP contribution in [0.3, 0.4) is 0 Å². The highest BCUT2D eigenvalue weighted by atomic mass is 79.9. The Morgan fingerprint density at radius 3 is 2.80 bits per heavy atom. The zero-order valence-electron chi connectivity index (χ0n) is 12.6. The number of hydrogen-bond acceptors (Lipinski definition) is 4. The van der Waals surface area contributed by atoms with Crippen molar-refractivity contribution in [2.24, 2.45) is 0 Å². The van der Waals surface area contributed by atoms with Gasteiger partial charge in [-0.3, -0.25) is 0 Å². The molecule has 0 unspecified atom stereocenters. The van der Waals surface area contributed by atoms with Gasteiger partial charge in [-0.15, -0.1) is 0 Å². The summed E-state index contributed by atoms with van der Waals surface area (Å²) in [5, 5.41) is 11.1. The molecule has 0 aliphatic rings. The molecular formula is C16H11Br2ClN4OS. The maximum atomic E-state index is 6.06. The van der Waals surface area contributed by atoms with Gasteiger partial charge in [0.05, 0.1) is 11.6 Å². The lowest BCUT2D eigenvalue weighted by Crippen LogP contribution is -2.28. The van der Waals surface area contributed by atoms with Crippen LogP contribution in [-0.4, -0.2) is 15.3 Å². The average Bonchev–Trinajstić information content (AvgIpc) is 3.05. The quantitative estimate of drug-likeness (QED) is 0.466. The highest BCUT2D eigenvalue weighted by molar-refractivity contribution is 9.10. The number of nitrogens with one attached hydrogen (secondary N) is 2. The van der Waals surface area contributed by atoms with E-state index in [0.717, 1.165) is 20.2 Å². The third kappa shape index (κ3) is 5.01. The number of benzene rings is 2. The second-order valence-corrected chi connectivity index (χ2v) is 7.54. The smallest absolute Gasteiger partial charge is 0.246 e. The summed E-state index contributed by atoms with van der Waals surface area (Å²) in [6, 6.07) is 13.2. The molecule has 1 heterocycles. The van der Waals surface area contributed by atoms with E-state index in [0.29, 0.717) is 28.4 Å². The topological polar surface area (TPSA) is 63.0 Å². The minimum absolute atomic E-state index is 0.317. The molecule has 0 saturated carbocycles. The lowest BCUT2D eigenvalue weighted by Gasteiger charge is -2.09. The van der Waals surface area contributed by atoms with E-state index in [1.165, 1.54) is 0 Å². The van der Waals surface area contributed by atoms with Crippen LogP contribution in [0.25, 0.3) is 11.4 Å². The van der Waals surface area contributed by atoms with Gasteiger partial charge in [-0.05, 0) is 58.5 Å². The lowest BCUT2D eigenvalue weighted by atomic mass is 10.2. The number of aromatic nitrogens is 2. The Balaban J connectivity index is 1.58. The van der Waals surface area contributed by atoms with E-state index in [1.54, 1.807) is 6.07 Å². The predicted octanol–water partition coefficient (Wildman–Crippen LogP) is 5.40. The van der Waals surface area contributed by atoms with Crippen LogP contribution in [0, 0.1) is 0 Å². The van der Waals surface area contributed by atoms with E-state index in [-0.39, 0.29) is 0 Å². The first-order chi connectivity index (χ1) is 12.0. The summed E-state index contributed by atoms with van der Waals surface area (Å²) >= 11 is 18.1. The van der Waals surface area contributed by atoms with Crippen LogP contribution >= 0.6 is 55.7 Å². The first-order valence-corrected chi connectivity index (χ1v) is 9.47. The summed E-state index contributed by atoms with van der Waals surface area (Å²) in [4.78, 5) is 4.35. The Kier molecular flexibility index (Phi) is 6.06. The molecule has 0 aliphatic carbocycles. The number of anilines is 1. The maximum Gasteiger partial charge on any atom is 0.246 e. The summed E-state index contributed by atoms with van der Waals surface area (Å²) in [5.74, 6) is 0.963. The van der Waals surface area contributed by atoms with Gasteiger partial charge in [-0.1, -0.05) is 44.8 Å². The van der Waals surface area contributed by atoms with Crippen LogP contribution in [0.1, 0.15) is 5.89 Å². The summed E-state index contributed by atoms with van der Waals surface area (Å²) in [7, 11) is 0. The van der Waals surface area contributed by atoms with Gasteiger partial charge in [0.1, 0.15) is 0 Å². The van der Waals surface area contributed by atoms with Crippen molar-refractivity contribution in [3.63, 3.8) is 0 Å². The van der Waals surface area contributed by atoms with Gasteiger partial charge in [-0.25, -0.2) is 0 Å². The SMILES string of the molecule is S=C(NCc1nc(-c2cccc(Br)c2)no1)Nc1ccc(Br)c(Cl)c1. The molecular weight excluding hydrogens is 492 g/mol. The van der Waals surface area contributed by atoms with Gasteiger partial charge in [0.2, 0.25) is 11.7 Å². The molecule has 3 rings (SSSR count). The molecule has 128 valence electrons. The van der Waals surface area contributed by atoms with Gasteiger partial charge in [0, 0.05) is 20.2 Å². The first kappa shape index (κ1) is 18.3. The van der Waals surface area contributed by atoms with Crippen LogP contribution in [0.4, 0.5) is 5.69 Å². The molecule has 3 aromatic rings. The fourth-order valence-corrected chi connectivity index (χ4v) is 2.99. The fourth-order valence-electron chi connectivity index (χ4n) is 1.98. The van der Waals surface area contributed by atoms with Crippen molar-refractivity contribution in [1.29, 1.82) is 0 Å². The minimum atomic E-state index is 0.317. The van der Waals surface area contributed by atoms with Crippen molar-refractivity contribution in [2.75, 3.05) is 5.32 Å².